The fraction of sp³-hybridized carbons (Fsp3) is 0.250. The third-order valence-corrected chi connectivity index (χ3v) is 5.09. The van der Waals surface area contributed by atoms with Crippen LogP contribution in [0, 0.1) is 13.8 Å². The number of benzene rings is 1. The van der Waals surface area contributed by atoms with Crippen molar-refractivity contribution in [2.75, 3.05) is 11.9 Å². The smallest absolute Gasteiger partial charge is 0.138 e. The molecule has 3 rings (SSSR count). The maximum absolute atomic E-state index is 6.18. The minimum Gasteiger partial charge on any atom is -0.369 e. The Balaban J connectivity index is 1.78. The monoisotopic (exact) mass is 317 g/mol. The van der Waals surface area contributed by atoms with Crippen LogP contribution >= 0.6 is 22.9 Å². The Morgan fingerprint density at radius 2 is 2.00 bits per heavy atom. The van der Waals surface area contributed by atoms with Gasteiger partial charge in [-0.05, 0) is 37.5 Å². The molecule has 0 spiro atoms. The van der Waals surface area contributed by atoms with Crippen LogP contribution in [0.5, 0.6) is 0 Å². The zero-order valence-electron chi connectivity index (χ0n) is 12.0. The van der Waals surface area contributed by atoms with Crippen LogP contribution in [-0.4, -0.2) is 16.5 Å². The van der Waals surface area contributed by atoms with Gasteiger partial charge in [-0.25, -0.2) is 9.97 Å². The Bertz CT molecular complexity index is 782. The van der Waals surface area contributed by atoms with Gasteiger partial charge in [-0.3, -0.25) is 0 Å². The number of halogens is 1. The second-order valence-corrected chi connectivity index (χ2v) is 6.56. The largest absolute Gasteiger partial charge is 0.369 e. The van der Waals surface area contributed by atoms with E-state index in [1.807, 2.05) is 18.2 Å². The van der Waals surface area contributed by atoms with Gasteiger partial charge < -0.3 is 5.32 Å². The fourth-order valence-corrected chi connectivity index (χ4v) is 3.56. The average Bonchev–Trinajstić information content (AvgIpc) is 2.77. The molecule has 2 aromatic heterocycles. The van der Waals surface area contributed by atoms with E-state index in [0.717, 1.165) is 39.6 Å². The number of anilines is 1. The second kappa shape index (κ2) is 6.00. The molecule has 0 atom stereocenters. The first-order valence-electron chi connectivity index (χ1n) is 6.85. The van der Waals surface area contributed by atoms with Gasteiger partial charge in [-0.15, -0.1) is 11.3 Å². The first kappa shape index (κ1) is 14.3. The minimum absolute atomic E-state index is 0.796. The van der Waals surface area contributed by atoms with Gasteiger partial charge in [0.25, 0.3) is 0 Å². The number of hydrogen-bond donors (Lipinski definition) is 1. The molecule has 0 aliphatic rings. The number of hydrogen-bond acceptors (Lipinski definition) is 4. The van der Waals surface area contributed by atoms with Gasteiger partial charge >= 0.3 is 0 Å². The highest BCUT2D eigenvalue weighted by atomic mass is 35.5. The van der Waals surface area contributed by atoms with Gasteiger partial charge in [0, 0.05) is 16.4 Å². The predicted octanol–water partition coefficient (Wildman–Crippen LogP) is 4.62. The summed E-state index contributed by atoms with van der Waals surface area (Å²) >= 11 is 7.89. The number of fused-ring (bicyclic) bond motifs is 1. The van der Waals surface area contributed by atoms with Crippen LogP contribution < -0.4 is 5.32 Å². The Morgan fingerprint density at radius 3 is 2.81 bits per heavy atom. The lowest BCUT2D eigenvalue weighted by atomic mass is 10.1. The summed E-state index contributed by atoms with van der Waals surface area (Å²) in [7, 11) is 0. The summed E-state index contributed by atoms with van der Waals surface area (Å²) < 4.78 is 0. The minimum atomic E-state index is 0.796. The number of aromatic nitrogens is 2. The molecule has 2 heterocycles. The molecule has 1 N–H and O–H groups in total. The molecule has 0 saturated heterocycles. The van der Waals surface area contributed by atoms with Crippen LogP contribution in [0.15, 0.2) is 30.6 Å². The quantitative estimate of drug-likeness (QED) is 0.763. The number of nitrogens with one attached hydrogen (secondary N) is 1. The van der Waals surface area contributed by atoms with E-state index < -0.39 is 0 Å². The third kappa shape index (κ3) is 2.87. The molecule has 5 heteroatoms. The van der Waals surface area contributed by atoms with Crippen molar-refractivity contribution in [3.05, 3.63) is 51.6 Å². The van der Waals surface area contributed by atoms with Crippen LogP contribution in [0.25, 0.3) is 10.2 Å². The molecule has 0 unspecified atom stereocenters. The molecule has 0 bridgehead atoms. The average molecular weight is 318 g/mol. The Morgan fingerprint density at radius 1 is 1.19 bits per heavy atom. The second-order valence-electron chi connectivity index (χ2n) is 4.95. The van der Waals surface area contributed by atoms with Crippen molar-refractivity contribution in [2.45, 2.75) is 20.3 Å². The van der Waals surface area contributed by atoms with Gasteiger partial charge in [0.05, 0.1) is 5.39 Å². The van der Waals surface area contributed by atoms with Crippen LogP contribution in [0.4, 0.5) is 5.82 Å². The molecular weight excluding hydrogens is 302 g/mol. The molecule has 108 valence electrons. The molecule has 0 amide bonds. The summed E-state index contributed by atoms with van der Waals surface area (Å²) in [5.41, 5.74) is 2.41. The summed E-state index contributed by atoms with van der Waals surface area (Å²) in [5.74, 6) is 0.911. The SMILES string of the molecule is Cc1sc2ncnc(NCCc3ccccc3Cl)c2c1C. The summed E-state index contributed by atoms with van der Waals surface area (Å²) in [6.45, 7) is 5.04. The van der Waals surface area contributed by atoms with Crippen molar-refractivity contribution < 1.29 is 0 Å². The van der Waals surface area contributed by atoms with Crippen molar-refractivity contribution in [1.29, 1.82) is 0 Å². The number of rotatable bonds is 4. The fourth-order valence-electron chi connectivity index (χ4n) is 2.33. The predicted molar refractivity (Wildman–Crippen MR) is 90.5 cm³/mol. The topological polar surface area (TPSA) is 37.8 Å². The zero-order chi connectivity index (χ0) is 14.8. The maximum Gasteiger partial charge on any atom is 0.138 e. The highest BCUT2D eigenvalue weighted by Crippen LogP contribution is 2.32. The summed E-state index contributed by atoms with van der Waals surface area (Å²) in [4.78, 5) is 11.1. The molecule has 0 aliphatic carbocycles. The van der Waals surface area contributed by atoms with E-state index in [-0.39, 0.29) is 0 Å². The van der Waals surface area contributed by atoms with Gasteiger partial charge in [-0.1, -0.05) is 29.8 Å². The normalized spacial score (nSPS) is 11.0. The van der Waals surface area contributed by atoms with Crippen LogP contribution in [0.3, 0.4) is 0 Å². The molecule has 3 nitrogen and oxygen atoms in total. The first-order chi connectivity index (χ1) is 10.2. The molecule has 21 heavy (non-hydrogen) atoms. The highest BCUT2D eigenvalue weighted by molar-refractivity contribution is 7.18. The molecule has 0 radical (unpaired) electrons. The highest BCUT2D eigenvalue weighted by Gasteiger charge is 2.11. The van der Waals surface area contributed by atoms with Crippen LogP contribution in [0.2, 0.25) is 5.02 Å². The Labute approximate surface area is 133 Å². The maximum atomic E-state index is 6.18. The molecule has 0 saturated carbocycles. The number of aryl methyl sites for hydroxylation is 2. The van der Waals surface area contributed by atoms with Crippen molar-refractivity contribution >= 4 is 39.0 Å². The van der Waals surface area contributed by atoms with Crippen molar-refractivity contribution in [1.82, 2.24) is 9.97 Å². The van der Waals surface area contributed by atoms with Crippen LogP contribution in [-0.2, 0) is 6.42 Å². The van der Waals surface area contributed by atoms with E-state index in [0.29, 0.717) is 0 Å². The summed E-state index contributed by atoms with van der Waals surface area (Å²) in [5, 5.41) is 5.37. The van der Waals surface area contributed by atoms with E-state index >= 15 is 0 Å². The lowest BCUT2D eigenvalue weighted by Gasteiger charge is -2.08. The molecule has 3 aromatic rings. The number of nitrogens with zero attached hydrogens (tertiary/aromatic N) is 2. The van der Waals surface area contributed by atoms with E-state index in [4.69, 9.17) is 11.6 Å². The first-order valence-corrected chi connectivity index (χ1v) is 8.04. The van der Waals surface area contributed by atoms with E-state index in [9.17, 15) is 0 Å². The van der Waals surface area contributed by atoms with E-state index in [1.165, 1.54) is 10.4 Å². The van der Waals surface area contributed by atoms with Gasteiger partial charge in [0.1, 0.15) is 17.0 Å². The van der Waals surface area contributed by atoms with Gasteiger partial charge in [0.2, 0.25) is 0 Å². The zero-order valence-corrected chi connectivity index (χ0v) is 13.6. The van der Waals surface area contributed by atoms with Crippen molar-refractivity contribution in [2.24, 2.45) is 0 Å². The summed E-state index contributed by atoms with van der Waals surface area (Å²) in [6.07, 6.45) is 2.49. The third-order valence-electron chi connectivity index (χ3n) is 3.61. The molecule has 0 aliphatic heterocycles. The van der Waals surface area contributed by atoms with Gasteiger partial charge in [0.15, 0.2) is 0 Å². The van der Waals surface area contributed by atoms with E-state index in [1.54, 1.807) is 17.7 Å². The molecule has 1 aromatic carbocycles. The van der Waals surface area contributed by atoms with E-state index in [2.05, 4.69) is 35.2 Å². The van der Waals surface area contributed by atoms with Crippen molar-refractivity contribution in [3.63, 3.8) is 0 Å². The lowest BCUT2D eigenvalue weighted by Crippen LogP contribution is -2.07. The number of thiophene rings is 1. The lowest BCUT2D eigenvalue weighted by molar-refractivity contribution is 1.01. The molecular formula is C16H16ClN3S. The Kier molecular flexibility index (Phi) is 4.08. The van der Waals surface area contributed by atoms with Crippen molar-refractivity contribution in [3.8, 4) is 0 Å². The summed E-state index contributed by atoms with van der Waals surface area (Å²) in [6, 6.07) is 7.94. The van der Waals surface area contributed by atoms with Gasteiger partial charge in [-0.2, -0.15) is 0 Å². The molecule has 0 fully saturated rings. The van der Waals surface area contributed by atoms with Crippen LogP contribution in [0.1, 0.15) is 16.0 Å². The Hall–Kier alpha value is -1.65. The standard InChI is InChI=1S/C16H16ClN3S/c1-10-11(2)21-16-14(10)15(19-9-20-16)18-8-7-12-5-3-4-6-13(12)17/h3-6,9H,7-8H2,1-2H3,(H,18,19,20).